The molecule has 1 saturated heterocycles. The van der Waals surface area contributed by atoms with Gasteiger partial charge in [-0.3, -0.25) is 4.79 Å². The molecule has 0 aromatic heterocycles. The second-order valence-electron chi connectivity index (χ2n) is 3.79. The SMILES string of the molecule is Cc1ccc(C(=O)NC2CNC2)cc1Br. The average Bonchev–Trinajstić information content (AvgIpc) is 2.15. The predicted octanol–water partition coefficient (Wildman–Crippen LogP) is 1.46. The van der Waals surface area contributed by atoms with Crippen molar-refractivity contribution >= 4 is 21.8 Å². The van der Waals surface area contributed by atoms with E-state index in [1.165, 1.54) is 0 Å². The first-order chi connectivity index (χ1) is 7.16. The van der Waals surface area contributed by atoms with Gasteiger partial charge in [0.1, 0.15) is 0 Å². The summed E-state index contributed by atoms with van der Waals surface area (Å²) in [5.74, 6) is 0.00204. The van der Waals surface area contributed by atoms with Crippen molar-refractivity contribution in [2.75, 3.05) is 13.1 Å². The van der Waals surface area contributed by atoms with Gasteiger partial charge in [-0.1, -0.05) is 22.0 Å². The zero-order valence-corrected chi connectivity index (χ0v) is 10.1. The van der Waals surface area contributed by atoms with Crippen molar-refractivity contribution in [3.8, 4) is 0 Å². The van der Waals surface area contributed by atoms with Crippen molar-refractivity contribution in [1.82, 2.24) is 10.6 Å². The first-order valence-electron chi connectivity index (χ1n) is 4.94. The van der Waals surface area contributed by atoms with E-state index in [0.717, 1.165) is 23.1 Å². The molecule has 1 amide bonds. The topological polar surface area (TPSA) is 41.1 Å². The lowest BCUT2D eigenvalue weighted by atomic mass is 10.1. The lowest BCUT2D eigenvalue weighted by Gasteiger charge is -2.27. The van der Waals surface area contributed by atoms with Gasteiger partial charge in [0.05, 0.1) is 6.04 Å². The van der Waals surface area contributed by atoms with E-state index in [0.29, 0.717) is 5.56 Å². The van der Waals surface area contributed by atoms with Gasteiger partial charge < -0.3 is 10.6 Å². The van der Waals surface area contributed by atoms with Gasteiger partial charge in [0.2, 0.25) is 0 Å². The van der Waals surface area contributed by atoms with Crippen molar-refractivity contribution in [2.24, 2.45) is 0 Å². The van der Waals surface area contributed by atoms with E-state index in [4.69, 9.17) is 0 Å². The maximum absolute atomic E-state index is 11.8. The summed E-state index contributed by atoms with van der Waals surface area (Å²) in [5, 5.41) is 6.07. The van der Waals surface area contributed by atoms with Crippen LogP contribution in [0.3, 0.4) is 0 Å². The molecule has 0 spiro atoms. The Balaban J connectivity index is 2.07. The van der Waals surface area contributed by atoms with Crippen LogP contribution in [0.15, 0.2) is 22.7 Å². The molecule has 2 rings (SSSR count). The number of rotatable bonds is 2. The molecule has 0 bridgehead atoms. The summed E-state index contributed by atoms with van der Waals surface area (Å²) >= 11 is 3.42. The Labute approximate surface area is 97.4 Å². The molecule has 1 aromatic carbocycles. The van der Waals surface area contributed by atoms with Crippen LogP contribution in [0, 0.1) is 6.92 Å². The molecule has 1 aliphatic heterocycles. The minimum atomic E-state index is 0.00204. The summed E-state index contributed by atoms with van der Waals surface area (Å²) in [6.07, 6.45) is 0. The van der Waals surface area contributed by atoms with Crippen molar-refractivity contribution in [3.63, 3.8) is 0 Å². The van der Waals surface area contributed by atoms with Crippen LogP contribution in [0.25, 0.3) is 0 Å². The Kier molecular flexibility index (Phi) is 3.07. The molecular weight excluding hydrogens is 256 g/mol. The van der Waals surface area contributed by atoms with Gasteiger partial charge in [0.15, 0.2) is 0 Å². The van der Waals surface area contributed by atoms with Gasteiger partial charge in [0.25, 0.3) is 5.91 Å². The van der Waals surface area contributed by atoms with Crippen LogP contribution >= 0.6 is 15.9 Å². The van der Waals surface area contributed by atoms with Gasteiger partial charge in [0, 0.05) is 23.1 Å². The van der Waals surface area contributed by atoms with Crippen LogP contribution in [0.5, 0.6) is 0 Å². The largest absolute Gasteiger partial charge is 0.347 e. The molecule has 0 aliphatic carbocycles. The number of carbonyl (C=O) groups excluding carboxylic acids is 1. The number of amides is 1. The fraction of sp³-hybridized carbons (Fsp3) is 0.364. The van der Waals surface area contributed by atoms with E-state index in [2.05, 4.69) is 26.6 Å². The molecule has 15 heavy (non-hydrogen) atoms. The van der Waals surface area contributed by atoms with Crippen LogP contribution in [0.4, 0.5) is 0 Å². The van der Waals surface area contributed by atoms with E-state index in [-0.39, 0.29) is 11.9 Å². The molecule has 0 radical (unpaired) electrons. The number of halogens is 1. The zero-order valence-electron chi connectivity index (χ0n) is 8.51. The summed E-state index contributed by atoms with van der Waals surface area (Å²) in [5.41, 5.74) is 1.84. The van der Waals surface area contributed by atoms with Crippen molar-refractivity contribution in [3.05, 3.63) is 33.8 Å². The first kappa shape index (κ1) is 10.6. The van der Waals surface area contributed by atoms with E-state index >= 15 is 0 Å². The molecule has 4 heteroatoms. The third-order valence-electron chi connectivity index (χ3n) is 2.55. The highest BCUT2D eigenvalue weighted by Gasteiger charge is 2.19. The Morgan fingerprint density at radius 2 is 2.27 bits per heavy atom. The molecule has 1 heterocycles. The lowest BCUT2D eigenvalue weighted by Crippen LogP contribution is -2.56. The van der Waals surface area contributed by atoms with Crippen molar-refractivity contribution in [2.45, 2.75) is 13.0 Å². The summed E-state index contributed by atoms with van der Waals surface area (Å²) in [4.78, 5) is 11.8. The second kappa shape index (κ2) is 4.33. The molecule has 2 N–H and O–H groups in total. The lowest BCUT2D eigenvalue weighted by molar-refractivity contribution is 0.0924. The van der Waals surface area contributed by atoms with E-state index in [9.17, 15) is 4.79 Å². The van der Waals surface area contributed by atoms with Crippen LogP contribution in [-0.4, -0.2) is 25.0 Å². The van der Waals surface area contributed by atoms with Crippen LogP contribution < -0.4 is 10.6 Å². The molecule has 0 saturated carbocycles. The minimum absolute atomic E-state index is 0.00204. The Hall–Kier alpha value is -0.870. The molecule has 1 aliphatic rings. The van der Waals surface area contributed by atoms with Crippen LogP contribution in [0.2, 0.25) is 0 Å². The number of carbonyl (C=O) groups is 1. The fourth-order valence-corrected chi connectivity index (χ4v) is 1.77. The molecule has 1 fully saturated rings. The minimum Gasteiger partial charge on any atom is -0.347 e. The van der Waals surface area contributed by atoms with Crippen LogP contribution in [0.1, 0.15) is 15.9 Å². The Morgan fingerprint density at radius 3 is 2.80 bits per heavy atom. The van der Waals surface area contributed by atoms with E-state index in [1.54, 1.807) is 0 Å². The zero-order chi connectivity index (χ0) is 10.8. The molecule has 1 aromatic rings. The third kappa shape index (κ3) is 2.38. The van der Waals surface area contributed by atoms with Gasteiger partial charge in [-0.2, -0.15) is 0 Å². The predicted molar refractivity (Wildman–Crippen MR) is 63.0 cm³/mol. The number of nitrogens with one attached hydrogen (secondary N) is 2. The Morgan fingerprint density at radius 1 is 1.53 bits per heavy atom. The normalized spacial score (nSPS) is 15.9. The third-order valence-corrected chi connectivity index (χ3v) is 3.41. The number of benzene rings is 1. The van der Waals surface area contributed by atoms with Gasteiger partial charge in [-0.05, 0) is 24.6 Å². The molecular formula is C11H13BrN2O. The first-order valence-corrected chi connectivity index (χ1v) is 5.74. The number of aryl methyl sites for hydroxylation is 1. The summed E-state index contributed by atoms with van der Waals surface area (Å²) in [6, 6.07) is 5.94. The molecule has 3 nitrogen and oxygen atoms in total. The maximum atomic E-state index is 11.8. The highest BCUT2D eigenvalue weighted by Crippen LogP contribution is 2.17. The monoisotopic (exact) mass is 268 g/mol. The second-order valence-corrected chi connectivity index (χ2v) is 4.65. The van der Waals surface area contributed by atoms with Crippen molar-refractivity contribution in [1.29, 1.82) is 0 Å². The highest BCUT2D eigenvalue weighted by atomic mass is 79.9. The number of hydrogen-bond acceptors (Lipinski definition) is 2. The van der Waals surface area contributed by atoms with Gasteiger partial charge >= 0.3 is 0 Å². The molecule has 0 unspecified atom stereocenters. The molecule has 0 atom stereocenters. The summed E-state index contributed by atoms with van der Waals surface area (Å²) < 4.78 is 0.974. The maximum Gasteiger partial charge on any atom is 0.251 e. The smallest absolute Gasteiger partial charge is 0.251 e. The quantitative estimate of drug-likeness (QED) is 0.853. The average molecular weight is 269 g/mol. The van der Waals surface area contributed by atoms with Crippen molar-refractivity contribution < 1.29 is 4.79 Å². The van der Waals surface area contributed by atoms with Gasteiger partial charge in [-0.15, -0.1) is 0 Å². The summed E-state index contributed by atoms with van der Waals surface area (Å²) in [7, 11) is 0. The van der Waals surface area contributed by atoms with Gasteiger partial charge in [-0.25, -0.2) is 0 Å². The standard InChI is InChI=1S/C11H13BrN2O/c1-7-2-3-8(4-10(7)12)11(15)14-9-5-13-6-9/h2-4,9,13H,5-6H2,1H3,(H,14,15). The van der Waals surface area contributed by atoms with E-state index < -0.39 is 0 Å². The Bertz CT molecular complexity index is 388. The fourth-order valence-electron chi connectivity index (χ4n) is 1.39. The molecule has 80 valence electrons. The van der Waals surface area contributed by atoms with E-state index in [1.807, 2.05) is 25.1 Å². The summed E-state index contributed by atoms with van der Waals surface area (Å²) in [6.45, 7) is 3.75. The van der Waals surface area contributed by atoms with Crippen LogP contribution in [-0.2, 0) is 0 Å². The highest BCUT2D eigenvalue weighted by molar-refractivity contribution is 9.10. The number of hydrogen-bond donors (Lipinski definition) is 2.